The molecular formula is C23H49NO7S. The first-order valence-corrected chi connectivity index (χ1v) is 13.7. The fourth-order valence-corrected chi connectivity index (χ4v) is 3.31. The minimum atomic E-state index is -4.67. The summed E-state index contributed by atoms with van der Waals surface area (Å²) in [5.74, 6) is -0.0814. The molecule has 0 bridgehead atoms. The van der Waals surface area contributed by atoms with Crippen LogP contribution < -0.4 is 0 Å². The molecule has 0 atom stereocenters. The van der Waals surface area contributed by atoms with Crippen molar-refractivity contribution in [3.63, 3.8) is 0 Å². The van der Waals surface area contributed by atoms with Crippen molar-refractivity contribution >= 4 is 16.4 Å². The lowest BCUT2D eigenvalue weighted by Crippen LogP contribution is -2.27. The van der Waals surface area contributed by atoms with Crippen LogP contribution in [0.4, 0.5) is 0 Å². The maximum atomic E-state index is 11.6. The van der Waals surface area contributed by atoms with Gasteiger partial charge < -0.3 is 14.7 Å². The molecule has 0 spiro atoms. The highest BCUT2D eigenvalue weighted by atomic mass is 32.3. The molecule has 3 N–H and O–H groups in total. The molecule has 0 aromatic heterocycles. The largest absolute Gasteiger partial charge is 0.464 e. The number of hydrogen-bond donors (Lipinski definition) is 3. The van der Waals surface area contributed by atoms with Crippen LogP contribution in [0.25, 0.3) is 0 Å². The van der Waals surface area contributed by atoms with Gasteiger partial charge in [-0.3, -0.25) is 13.9 Å². The summed E-state index contributed by atoms with van der Waals surface area (Å²) < 4.78 is 36.8. The summed E-state index contributed by atoms with van der Waals surface area (Å²) >= 11 is 0. The average Bonchev–Trinajstić information content (AvgIpc) is 2.70. The summed E-state index contributed by atoms with van der Waals surface area (Å²) in [6.45, 7) is 4.15. The van der Waals surface area contributed by atoms with Crippen LogP contribution in [0.15, 0.2) is 0 Å². The van der Waals surface area contributed by atoms with E-state index in [0.29, 0.717) is 26.1 Å². The lowest BCUT2D eigenvalue weighted by atomic mass is 10.0. The number of unbranched alkanes of at least 4 members (excludes halogenated alkanes) is 14. The van der Waals surface area contributed by atoms with E-state index < -0.39 is 10.4 Å². The van der Waals surface area contributed by atoms with E-state index in [2.05, 4.69) is 6.92 Å². The van der Waals surface area contributed by atoms with Crippen LogP contribution in [0, 0.1) is 0 Å². The van der Waals surface area contributed by atoms with Crippen LogP contribution >= 0.6 is 0 Å². The minimum absolute atomic E-state index is 0.0814. The van der Waals surface area contributed by atoms with Crippen molar-refractivity contribution in [3.05, 3.63) is 0 Å². The normalized spacial score (nSPS) is 11.3. The number of esters is 1. The molecule has 0 heterocycles. The Bertz CT molecular complexity index is 493. The van der Waals surface area contributed by atoms with Gasteiger partial charge in [-0.05, 0) is 13.5 Å². The highest BCUT2D eigenvalue weighted by Gasteiger charge is 2.04. The van der Waals surface area contributed by atoms with Gasteiger partial charge in [0.2, 0.25) is 0 Å². The van der Waals surface area contributed by atoms with Crippen LogP contribution in [0.2, 0.25) is 0 Å². The summed E-state index contributed by atoms with van der Waals surface area (Å²) in [7, 11) is -2.75. The molecule has 0 radical (unpaired) electrons. The number of ether oxygens (including phenoxy) is 1. The molecule has 0 amide bonds. The lowest BCUT2D eigenvalue weighted by Gasteiger charge is -2.14. The van der Waals surface area contributed by atoms with E-state index in [9.17, 15) is 4.79 Å². The van der Waals surface area contributed by atoms with Gasteiger partial charge in [0.05, 0.1) is 6.61 Å². The number of aliphatic hydroxyl groups excluding tert-OH is 1. The second-order valence-corrected chi connectivity index (χ2v) is 9.29. The first-order chi connectivity index (χ1) is 15.2. The maximum Gasteiger partial charge on any atom is 0.394 e. The third-order valence-electron chi connectivity index (χ3n) is 5.20. The zero-order valence-electron chi connectivity index (χ0n) is 20.5. The summed E-state index contributed by atoms with van der Waals surface area (Å²) in [6.07, 6.45) is 20.6. The molecule has 0 fully saturated rings. The van der Waals surface area contributed by atoms with Crippen molar-refractivity contribution in [1.29, 1.82) is 0 Å². The first kappa shape index (κ1) is 33.4. The molecule has 0 aromatic carbocycles. The maximum absolute atomic E-state index is 11.6. The SMILES string of the molecule is CCCCCCCCCCCCCCCCCC(=O)OCCN(C)CCO.O=S(=O)(O)O. The van der Waals surface area contributed by atoms with Crippen molar-refractivity contribution < 1.29 is 32.2 Å². The quantitative estimate of drug-likeness (QED) is 0.117. The molecule has 0 saturated heterocycles. The third-order valence-corrected chi connectivity index (χ3v) is 5.20. The van der Waals surface area contributed by atoms with E-state index in [1.807, 2.05) is 11.9 Å². The number of aliphatic hydroxyl groups is 1. The number of likely N-dealkylation sites (N-methyl/N-ethyl adjacent to an activating group) is 1. The fraction of sp³-hybridized carbons (Fsp3) is 0.957. The van der Waals surface area contributed by atoms with Crippen LogP contribution in [0.5, 0.6) is 0 Å². The number of rotatable bonds is 21. The second kappa shape index (κ2) is 24.9. The standard InChI is InChI=1S/C23H47NO3.H2O4S/c1-3-4-5-6-7-8-9-10-11-12-13-14-15-16-17-18-23(26)27-22-20-24(2)19-21-25;1-5(2,3)4/h25H,3-22H2,1-2H3;(H2,1,2,3,4). The first-order valence-electron chi connectivity index (χ1n) is 12.4. The van der Waals surface area contributed by atoms with Crippen molar-refractivity contribution in [3.8, 4) is 0 Å². The average molecular weight is 484 g/mol. The number of nitrogens with zero attached hydrogens (tertiary/aromatic N) is 1. The molecule has 0 aliphatic rings. The number of carbonyl (C=O) groups is 1. The predicted molar refractivity (Wildman–Crippen MR) is 129 cm³/mol. The Labute approximate surface area is 196 Å². The van der Waals surface area contributed by atoms with Crippen molar-refractivity contribution in [2.24, 2.45) is 0 Å². The zero-order valence-corrected chi connectivity index (χ0v) is 21.3. The van der Waals surface area contributed by atoms with Gasteiger partial charge in [-0.25, -0.2) is 0 Å². The Balaban J connectivity index is 0. The topological polar surface area (TPSA) is 124 Å². The zero-order chi connectivity index (χ0) is 24.5. The van der Waals surface area contributed by atoms with Gasteiger partial charge in [0, 0.05) is 19.5 Å². The number of hydrogen-bond acceptors (Lipinski definition) is 6. The molecule has 32 heavy (non-hydrogen) atoms. The van der Waals surface area contributed by atoms with Gasteiger partial charge in [0.25, 0.3) is 0 Å². The molecule has 9 heteroatoms. The van der Waals surface area contributed by atoms with Crippen molar-refractivity contribution in [2.75, 3.05) is 33.4 Å². The Morgan fingerprint density at radius 3 is 1.50 bits per heavy atom. The molecule has 0 saturated carbocycles. The monoisotopic (exact) mass is 483 g/mol. The van der Waals surface area contributed by atoms with Crippen molar-refractivity contribution in [2.45, 2.75) is 110 Å². The van der Waals surface area contributed by atoms with Crippen molar-refractivity contribution in [1.82, 2.24) is 4.90 Å². The highest BCUT2D eigenvalue weighted by molar-refractivity contribution is 7.79. The third kappa shape index (κ3) is 36.6. The van der Waals surface area contributed by atoms with E-state index in [1.54, 1.807) is 0 Å². The highest BCUT2D eigenvalue weighted by Crippen LogP contribution is 2.13. The van der Waals surface area contributed by atoms with Gasteiger partial charge in [-0.2, -0.15) is 8.42 Å². The summed E-state index contributed by atoms with van der Waals surface area (Å²) in [6, 6.07) is 0. The van der Waals surface area contributed by atoms with E-state index in [1.165, 1.54) is 83.5 Å². The van der Waals surface area contributed by atoms with Crippen LogP contribution in [0.1, 0.15) is 110 Å². The molecule has 0 aromatic rings. The molecule has 0 aliphatic carbocycles. The summed E-state index contributed by atoms with van der Waals surface area (Å²) in [5.41, 5.74) is 0. The van der Waals surface area contributed by atoms with Gasteiger partial charge in [0.1, 0.15) is 6.61 Å². The van der Waals surface area contributed by atoms with E-state index in [4.69, 9.17) is 27.4 Å². The predicted octanol–water partition coefficient (Wildman–Crippen LogP) is 5.06. The van der Waals surface area contributed by atoms with E-state index in [-0.39, 0.29) is 12.6 Å². The van der Waals surface area contributed by atoms with E-state index in [0.717, 1.165) is 12.8 Å². The van der Waals surface area contributed by atoms with Gasteiger partial charge >= 0.3 is 16.4 Å². The van der Waals surface area contributed by atoms with Crippen LogP contribution in [-0.2, 0) is 19.9 Å². The Kier molecular flexibility index (Phi) is 26.0. The van der Waals surface area contributed by atoms with Gasteiger partial charge in [-0.1, -0.05) is 96.8 Å². The Hall–Kier alpha value is -0.740. The Morgan fingerprint density at radius 2 is 1.12 bits per heavy atom. The minimum Gasteiger partial charge on any atom is -0.464 e. The smallest absolute Gasteiger partial charge is 0.394 e. The molecule has 0 aliphatic heterocycles. The number of carbonyl (C=O) groups excluding carboxylic acids is 1. The molecule has 8 nitrogen and oxygen atoms in total. The molecular weight excluding hydrogens is 434 g/mol. The Morgan fingerprint density at radius 1 is 0.750 bits per heavy atom. The van der Waals surface area contributed by atoms with Gasteiger partial charge in [-0.15, -0.1) is 0 Å². The van der Waals surface area contributed by atoms with E-state index >= 15 is 0 Å². The van der Waals surface area contributed by atoms with Crippen LogP contribution in [0.3, 0.4) is 0 Å². The molecule has 0 rings (SSSR count). The van der Waals surface area contributed by atoms with Crippen LogP contribution in [-0.4, -0.2) is 66.8 Å². The summed E-state index contributed by atoms with van der Waals surface area (Å²) in [5, 5.41) is 8.80. The fourth-order valence-electron chi connectivity index (χ4n) is 3.31. The summed E-state index contributed by atoms with van der Waals surface area (Å²) in [4.78, 5) is 13.6. The molecule has 0 unspecified atom stereocenters. The van der Waals surface area contributed by atoms with Gasteiger partial charge in [0.15, 0.2) is 0 Å². The second-order valence-electron chi connectivity index (χ2n) is 8.39. The lowest BCUT2D eigenvalue weighted by molar-refractivity contribution is -0.144. The molecule has 194 valence electrons.